The molecule has 1 atom stereocenters. The Morgan fingerprint density at radius 3 is 2.47 bits per heavy atom. The van der Waals surface area contributed by atoms with Gasteiger partial charge in [-0.15, -0.1) is 0 Å². The van der Waals surface area contributed by atoms with Crippen molar-refractivity contribution in [2.75, 3.05) is 16.8 Å². The molecule has 162 valence electrons. The highest BCUT2D eigenvalue weighted by Gasteiger charge is 2.35. The van der Waals surface area contributed by atoms with Crippen LogP contribution in [-0.2, 0) is 16.1 Å². The van der Waals surface area contributed by atoms with Crippen molar-refractivity contribution in [2.24, 2.45) is 5.92 Å². The van der Waals surface area contributed by atoms with Gasteiger partial charge in [0.1, 0.15) is 0 Å². The Bertz CT molecular complexity index is 1130. The summed E-state index contributed by atoms with van der Waals surface area (Å²) < 4.78 is 0. The zero-order chi connectivity index (χ0) is 22.5. The van der Waals surface area contributed by atoms with Crippen LogP contribution in [0, 0.1) is 5.92 Å². The third kappa shape index (κ3) is 5.15. The number of benzene rings is 3. The third-order valence-corrected chi connectivity index (χ3v) is 5.58. The number of anilines is 2. The van der Waals surface area contributed by atoms with E-state index in [9.17, 15) is 14.4 Å². The van der Waals surface area contributed by atoms with Crippen LogP contribution in [0.2, 0.25) is 5.02 Å². The fraction of sp³-hybridized carbons (Fsp3) is 0.160. The molecule has 1 saturated heterocycles. The molecule has 0 aromatic heterocycles. The lowest BCUT2D eigenvalue weighted by Crippen LogP contribution is -2.32. The molecule has 1 aliphatic rings. The van der Waals surface area contributed by atoms with E-state index in [-0.39, 0.29) is 30.7 Å². The lowest BCUT2D eigenvalue weighted by molar-refractivity contribution is -0.126. The third-order valence-electron chi connectivity index (χ3n) is 5.33. The summed E-state index contributed by atoms with van der Waals surface area (Å²) in [7, 11) is 0. The van der Waals surface area contributed by atoms with Crippen LogP contribution < -0.4 is 15.5 Å². The topological polar surface area (TPSA) is 78.5 Å². The molecule has 1 aliphatic heterocycles. The molecule has 32 heavy (non-hydrogen) atoms. The molecule has 0 saturated carbocycles. The monoisotopic (exact) mass is 447 g/mol. The van der Waals surface area contributed by atoms with Crippen molar-refractivity contribution in [3.63, 3.8) is 0 Å². The lowest BCUT2D eigenvalue weighted by atomic mass is 10.1. The molecule has 3 amide bonds. The first kappa shape index (κ1) is 21.6. The summed E-state index contributed by atoms with van der Waals surface area (Å²) >= 11 is 5.88. The normalized spacial score (nSPS) is 15.5. The van der Waals surface area contributed by atoms with Crippen molar-refractivity contribution in [1.82, 2.24) is 5.32 Å². The van der Waals surface area contributed by atoms with E-state index in [1.54, 1.807) is 53.4 Å². The van der Waals surface area contributed by atoms with Gasteiger partial charge in [-0.3, -0.25) is 14.4 Å². The Hall–Kier alpha value is -3.64. The maximum Gasteiger partial charge on any atom is 0.255 e. The van der Waals surface area contributed by atoms with E-state index in [0.29, 0.717) is 28.5 Å². The molecule has 1 unspecified atom stereocenters. The first-order chi connectivity index (χ1) is 15.5. The second-order valence-electron chi connectivity index (χ2n) is 7.62. The van der Waals surface area contributed by atoms with Crippen molar-refractivity contribution < 1.29 is 14.4 Å². The smallest absolute Gasteiger partial charge is 0.255 e. The number of nitrogens with zero attached hydrogens (tertiary/aromatic N) is 1. The summed E-state index contributed by atoms with van der Waals surface area (Å²) in [5.74, 6) is -1.02. The molecule has 0 spiro atoms. The molecule has 7 heteroatoms. The largest absolute Gasteiger partial charge is 0.352 e. The van der Waals surface area contributed by atoms with E-state index in [1.807, 2.05) is 30.3 Å². The van der Waals surface area contributed by atoms with E-state index in [1.165, 1.54) is 0 Å². The highest BCUT2D eigenvalue weighted by Crippen LogP contribution is 2.26. The van der Waals surface area contributed by atoms with Crippen molar-refractivity contribution in [3.8, 4) is 0 Å². The molecule has 3 aromatic rings. The molecule has 1 heterocycles. The fourth-order valence-electron chi connectivity index (χ4n) is 3.61. The number of carbonyl (C=O) groups is 3. The minimum atomic E-state index is -0.448. The predicted octanol–water partition coefficient (Wildman–Crippen LogP) is 4.26. The second kappa shape index (κ2) is 9.66. The number of hydrogen-bond donors (Lipinski definition) is 2. The first-order valence-electron chi connectivity index (χ1n) is 10.3. The van der Waals surface area contributed by atoms with Gasteiger partial charge in [-0.05, 0) is 48.0 Å². The first-order valence-corrected chi connectivity index (χ1v) is 10.7. The Morgan fingerprint density at radius 2 is 1.72 bits per heavy atom. The Kier molecular flexibility index (Phi) is 6.52. The molecule has 4 rings (SSSR count). The number of hydrogen-bond acceptors (Lipinski definition) is 3. The van der Waals surface area contributed by atoms with Crippen LogP contribution in [-0.4, -0.2) is 24.3 Å². The standard InChI is InChI=1S/C25H22ClN3O3/c26-20-11-9-17(10-12-20)15-27-24(31)19-14-23(30)29(16-19)22-8-4-5-18(13-22)25(32)28-21-6-2-1-3-7-21/h1-13,19H,14-16H2,(H,27,31)(H,28,32). The van der Waals surface area contributed by atoms with Gasteiger partial charge in [0.15, 0.2) is 0 Å². The van der Waals surface area contributed by atoms with Gasteiger partial charge in [0.25, 0.3) is 5.91 Å². The van der Waals surface area contributed by atoms with Crippen LogP contribution in [0.25, 0.3) is 0 Å². The van der Waals surface area contributed by atoms with Crippen LogP contribution in [0.5, 0.6) is 0 Å². The maximum atomic E-state index is 12.6. The quantitative estimate of drug-likeness (QED) is 0.592. The minimum absolute atomic E-state index is 0.132. The summed E-state index contributed by atoms with van der Waals surface area (Å²) in [6.07, 6.45) is 0.132. The summed E-state index contributed by atoms with van der Waals surface area (Å²) in [5.41, 5.74) is 2.66. The van der Waals surface area contributed by atoms with E-state index in [0.717, 1.165) is 5.56 Å². The average molecular weight is 448 g/mol. The van der Waals surface area contributed by atoms with Crippen molar-refractivity contribution in [3.05, 3.63) is 95.0 Å². The molecule has 3 aromatic carbocycles. The molecule has 0 bridgehead atoms. The fourth-order valence-corrected chi connectivity index (χ4v) is 3.73. The molecular formula is C25H22ClN3O3. The molecule has 0 radical (unpaired) electrons. The number of nitrogens with one attached hydrogen (secondary N) is 2. The van der Waals surface area contributed by atoms with Crippen LogP contribution >= 0.6 is 11.6 Å². The molecular weight excluding hydrogens is 426 g/mol. The van der Waals surface area contributed by atoms with Crippen molar-refractivity contribution in [2.45, 2.75) is 13.0 Å². The average Bonchev–Trinajstić information content (AvgIpc) is 3.21. The maximum absolute atomic E-state index is 12.6. The van der Waals surface area contributed by atoms with Gasteiger partial charge in [-0.1, -0.05) is 48.0 Å². The van der Waals surface area contributed by atoms with Crippen molar-refractivity contribution in [1.29, 1.82) is 0 Å². The number of para-hydroxylation sites is 1. The Balaban J connectivity index is 1.39. The second-order valence-corrected chi connectivity index (χ2v) is 8.06. The van der Waals surface area contributed by atoms with Gasteiger partial charge in [0.05, 0.1) is 5.92 Å². The van der Waals surface area contributed by atoms with E-state index < -0.39 is 5.92 Å². The summed E-state index contributed by atoms with van der Waals surface area (Å²) in [4.78, 5) is 39.4. The van der Waals surface area contributed by atoms with Gasteiger partial charge in [-0.25, -0.2) is 0 Å². The Morgan fingerprint density at radius 1 is 0.969 bits per heavy atom. The van der Waals surface area contributed by atoms with Crippen LogP contribution in [0.4, 0.5) is 11.4 Å². The Labute approximate surface area is 191 Å². The van der Waals surface area contributed by atoms with Crippen molar-refractivity contribution >= 4 is 40.7 Å². The van der Waals surface area contributed by atoms with Gasteiger partial charge in [0, 0.05) is 41.5 Å². The van der Waals surface area contributed by atoms with E-state index >= 15 is 0 Å². The summed E-state index contributed by atoms with van der Waals surface area (Å²) in [6.45, 7) is 0.644. The zero-order valence-electron chi connectivity index (χ0n) is 17.3. The molecule has 1 fully saturated rings. The van der Waals surface area contributed by atoms with E-state index in [2.05, 4.69) is 10.6 Å². The molecule has 6 nitrogen and oxygen atoms in total. The number of halogens is 1. The van der Waals surface area contributed by atoms with Gasteiger partial charge in [0.2, 0.25) is 11.8 Å². The number of carbonyl (C=O) groups excluding carboxylic acids is 3. The predicted molar refractivity (Wildman–Crippen MR) is 125 cm³/mol. The highest BCUT2D eigenvalue weighted by atomic mass is 35.5. The minimum Gasteiger partial charge on any atom is -0.352 e. The summed E-state index contributed by atoms with van der Waals surface area (Å²) in [6, 6.07) is 23.3. The number of rotatable bonds is 6. The molecule has 0 aliphatic carbocycles. The van der Waals surface area contributed by atoms with E-state index in [4.69, 9.17) is 11.6 Å². The van der Waals surface area contributed by atoms with Crippen LogP contribution in [0.3, 0.4) is 0 Å². The number of amides is 3. The highest BCUT2D eigenvalue weighted by molar-refractivity contribution is 6.30. The van der Waals surface area contributed by atoms with Gasteiger partial charge in [-0.2, -0.15) is 0 Å². The van der Waals surface area contributed by atoms with Crippen LogP contribution in [0.15, 0.2) is 78.9 Å². The SMILES string of the molecule is O=C(Nc1ccccc1)c1cccc(N2CC(C(=O)NCc3ccc(Cl)cc3)CC2=O)c1. The van der Waals surface area contributed by atoms with Crippen LogP contribution in [0.1, 0.15) is 22.3 Å². The van der Waals surface area contributed by atoms with Gasteiger partial charge < -0.3 is 15.5 Å². The molecule has 2 N–H and O–H groups in total. The zero-order valence-corrected chi connectivity index (χ0v) is 18.0. The lowest BCUT2D eigenvalue weighted by Gasteiger charge is -2.18. The van der Waals surface area contributed by atoms with Gasteiger partial charge >= 0.3 is 0 Å². The summed E-state index contributed by atoms with van der Waals surface area (Å²) in [5, 5.41) is 6.36.